The number of aromatic nitrogens is 1. The molecule has 1 aromatic carbocycles. The summed E-state index contributed by atoms with van der Waals surface area (Å²) < 4.78 is 0. The van der Waals surface area contributed by atoms with Gasteiger partial charge in [0.25, 0.3) is 5.91 Å². The Kier molecular flexibility index (Phi) is 5.53. The maximum absolute atomic E-state index is 12.5. The highest BCUT2D eigenvalue weighted by molar-refractivity contribution is 6.04. The number of hydrogen-bond acceptors (Lipinski definition) is 4. The van der Waals surface area contributed by atoms with E-state index in [0.717, 1.165) is 30.3 Å². The maximum atomic E-state index is 12.5. The van der Waals surface area contributed by atoms with Crippen molar-refractivity contribution in [1.29, 1.82) is 0 Å². The van der Waals surface area contributed by atoms with E-state index in [1.165, 1.54) is 25.7 Å². The van der Waals surface area contributed by atoms with Crippen LogP contribution in [-0.4, -0.2) is 38.1 Å². The lowest BCUT2D eigenvalue weighted by Gasteiger charge is -2.21. The molecule has 25 heavy (non-hydrogen) atoms. The zero-order valence-corrected chi connectivity index (χ0v) is 15.0. The number of nitrogens with one attached hydrogen (secondary N) is 1. The van der Waals surface area contributed by atoms with Gasteiger partial charge in [0, 0.05) is 44.8 Å². The van der Waals surface area contributed by atoms with Crippen LogP contribution in [0.2, 0.25) is 0 Å². The van der Waals surface area contributed by atoms with E-state index in [1.807, 2.05) is 55.4 Å². The van der Waals surface area contributed by atoms with Crippen molar-refractivity contribution in [2.24, 2.45) is 0 Å². The molecule has 1 aromatic heterocycles. The minimum Gasteiger partial charge on any atom is -0.378 e. The van der Waals surface area contributed by atoms with Gasteiger partial charge in [-0.2, -0.15) is 0 Å². The Bertz CT molecular complexity index is 704. The molecule has 0 saturated carbocycles. The molecular formula is C20H26N4O. The highest BCUT2D eigenvalue weighted by Gasteiger charge is 2.12. The monoisotopic (exact) mass is 338 g/mol. The Morgan fingerprint density at radius 2 is 1.84 bits per heavy atom. The van der Waals surface area contributed by atoms with Crippen molar-refractivity contribution in [3.05, 3.63) is 48.2 Å². The topological polar surface area (TPSA) is 48.5 Å². The normalized spacial score (nSPS) is 14.7. The quantitative estimate of drug-likeness (QED) is 0.922. The largest absolute Gasteiger partial charge is 0.378 e. The first-order valence-electron chi connectivity index (χ1n) is 8.93. The zero-order chi connectivity index (χ0) is 17.6. The van der Waals surface area contributed by atoms with Crippen molar-refractivity contribution in [1.82, 2.24) is 4.98 Å². The fourth-order valence-electron chi connectivity index (χ4n) is 3.07. The summed E-state index contributed by atoms with van der Waals surface area (Å²) in [6.45, 7) is 2.10. The van der Waals surface area contributed by atoms with Gasteiger partial charge in [0.15, 0.2) is 0 Å². The van der Waals surface area contributed by atoms with E-state index in [-0.39, 0.29) is 5.91 Å². The Morgan fingerprint density at radius 3 is 2.48 bits per heavy atom. The standard InChI is InChI=1S/C20H26N4O/c1-23(2)18-9-7-8-17(14-18)22-20(25)16-10-11-19(21-15-16)24-12-5-3-4-6-13-24/h7-11,14-15H,3-6,12-13H2,1-2H3,(H,22,25). The second-order valence-corrected chi connectivity index (χ2v) is 6.71. The van der Waals surface area contributed by atoms with Crippen molar-refractivity contribution < 1.29 is 4.79 Å². The van der Waals surface area contributed by atoms with Gasteiger partial charge in [0.2, 0.25) is 0 Å². The molecule has 3 rings (SSSR count). The molecule has 1 saturated heterocycles. The van der Waals surface area contributed by atoms with Crippen molar-refractivity contribution >= 4 is 23.1 Å². The first kappa shape index (κ1) is 17.3. The van der Waals surface area contributed by atoms with Crippen LogP contribution in [0.15, 0.2) is 42.6 Å². The van der Waals surface area contributed by atoms with Gasteiger partial charge < -0.3 is 15.1 Å². The smallest absolute Gasteiger partial charge is 0.257 e. The third-order valence-corrected chi connectivity index (χ3v) is 4.56. The third kappa shape index (κ3) is 4.50. The minimum atomic E-state index is -0.133. The Hall–Kier alpha value is -2.56. The van der Waals surface area contributed by atoms with Crippen LogP contribution in [0, 0.1) is 0 Å². The van der Waals surface area contributed by atoms with Crippen LogP contribution in [0.4, 0.5) is 17.2 Å². The van der Waals surface area contributed by atoms with Gasteiger partial charge in [0.1, 0.15) is 5.82 Å². The number of anilines is 3. The van der Waals surface area contributed by atoms with Crippen LogP contribution >= 0.6 is 0 Å². The lowest BCUT2D eigenvalue weighted by Crippen LogP contribution is -2.25. The minimum absolute atomic E-state index is 0.133. The second kappa shape index (κ2) is 8.01. The van der Waals surface area contributed by atoms with Gasteiger partial charge in [-0.15, -0.1) is 0 Å². The number of rotatable bonds is 4. The number of nitrogens with zero attached hydrogens (tertiary/aromatic N) is 3. The fraction of sp³-hybridized carbons (Fsp3) is 0.400. The molecule has 0 unspecified atom stereocenters. The predicted molar refractivity (Wildman–Crippen MR) is 104 cm³/mol. The Morgan fingerprint density at radius 1 is 1.08 bits per heavy atom. The molecule has 1 N–H and O–H groups in total. The lowest BCUT2D eigenvalue weighted by atomic mass is 10.2. The Labute approximate surface area is 149 Å². The molecule has 2 aromatic rings. The van der Waals surface area contributed by atoms with Gasteiger partial charge in [0.05, 0.1) is 5.56 Å². The molecule has 1 amide bonds. The molecule has 0 spiro atoms. The summed E-state index contributed by atoms with van der Waals surface area (Å²) in [4.78, 5) is 21.3. The fourth-order valence-corrected chi connectivity index (χ4v) is 3.07. The molecule has 0 bridgehead atoms. The molecule has 1 aliphatic rings. The molecule has 0 radical (unpaired) electrons. The summed E-state index contributed by atoms with van der Waals surface area (Å²) >= 11 is 0. The van der Waals surface area contributed by atoms with Crippen LogP contribution in [0.3, 0.4) is 0 Å². The van der Waals surface area contributed by atoms with E-state index < -0.39 is 0 Å². The second-order valence-electron chi connectivity index (χ2n) is 6.71. The van der Waals surface area contributed by atoms with E-state index in [4.69, 9.17) is 0 Å². The van der Waals surface area contributed by atoms with Crippen LogP contribution in [0.25, 0.3) is 0 Å². The number of carbonyl (C=O) groups excluding carboxylic acids is 1. The Balaban J connectivity index is 1.67. The summed E-state index contributed by atoms with van der Waals surface area (Å²) in [5.74, 6) is 0.832. The van der Waals surface area contributed by atoms with Crippen LogP contribution in [-0.2, 0) is 0 Å². The van der Waals surface area contributed by atoms with E-state index in [1.54, 1.807) is 6.20 Å². The van der Waals surface area contributed by atoms with Crippen LogP contribution < -0.4 is 15.1 Å². The summed E-state index contributed by atoms with van der Waals surface area (Å²) in [6.07, 6.45) is 6.69. The SMILES string of the molecule is CN(C)c1cccc(NC(=O)c2ccc(N3CCCCCC3)nc2)c1. The summed E-state index contributed by atoms with van der Waals surface area (Å²) in [5, 5.41) is 2.94. The average molecular weight is 338 g/mol. The van der Waals surface area contributed by atoms with Crippen molar-refractivity contribution in [2.45, 2.75) is 25.7 Å². The molecule has 0 aliphatic carbocycles. The molecular weight excluding hydrogens is 312 g/mol. The number of pyridine rings is 1. The van der Waals surface area contributed by atoms with Crippen molar-refractivity contribution in [3.63, 3.8) is 0 Å². The molecule has 5 nitrogen and oxygen atoms in total. The van der Waals surface area contributed by atoms with E-state index in [9.17, 15) is 4.79 Å². The number of carbonyl (C=O) groups is 1. The van der Waals surface area contributed by atoms with Gasteiger partial charge >= 0.3 is 0 Å². The molecule has 2 heterocycles. The van der Waals surface area contributed by atoms with Crippen LogP contribution in [0.1, 0.15) is 36.0 Å². The van der Waals surface area contributed by atoms with Gasteiger partial charge in [-0.1, -0.05) is 18.9 Å². The number of hydrogen-bond donors (Lipinski definition) is 1. The van der Waals surface area contributed by atoms with Crippen molar-refractivity contribution in [2.75, 3.05) is 42.3 Å². The van der Waals surface area contributed by atoms with Gasteiger partial charge in [-0.05, 0) is 43.2 Å². The first-order valence-corrected chi connectivity index (χ1v) is 8.93. The summed E-state index contributed by atoms with van der Waals surface area (Å²) in [6, 6.07) is 11.6. The van der Waals surface area contributed by atoms with E-state index in [0.29, 0.717) is 5.56 Å². The molecule has 1 aliphatic heterocycles. The van der Waals surface area contributed by atoms with Crippen LogP contribution in [0.5, 0.6) is 0 Å². The predicted octanol–water partition coefficient (Wildman–Crippen LogP) is 3.78. The zero-order valence-electron chi connectivity index (χ0n) is 15.0. The molecule has 5 heteroatoms. The van der Waals surface area contributed by atoms with E-state index in [2.05, 4.69) is 15.2 Å². The molecule has 0 atom stereocenters. The number of amides is 1. The highest BCUT2D eigenvalue weighted by Crippen LogP contribution is 2.20. The summed E-state index contributed by atoms with van der Waals surface area (Å²) in [7, 11) is 3.96. The van der Waals surface area contributed by atoms with Gasteiger partial charge in [-0.25, -0.2) is 4.98 Å². The van der Waals surface area contributed by atoms with E-state index >= 15 is 0 Å². The first-order chi connectivity index (χ1) is 12.1. The molecule has 1 fully saturated rings. The molecule has 132 valence electrons. The van der Waals surface area contributed by atoms with Gasteiger partial charge in [-0.3, -0.25) is 4.79 Å². The van der Waals surface area contributed by atoms with Crippen molar-refractivity contribution in [3.8, 4) is 0 Å². The third-order valence-electron chi connectivity index (χ3n) is 4.56. The average Bonchev–Trinajstić information content (AvgIpc) is 2.91. The summed E-state index contributed by atoms with van der Waals surface area (Å²) in [5.41, 5.74) is 2.41. The highest BCUT2D eigenvalue weighted by atomic mass is 16.1. The maximum Gasteiger partial charge on any atom is 0.257 e. The number of benzene rings is 1. The lowest BCUT2D eigenvalue weighted by molar-refractivity contribution is 0.102.